The van der Waals surface area contributed by atoms with E-state index < -0.39 is 0 Å². The maximum atomic E-state index is 9.50. The number of hydrogen-bond donors (Lipinski definition) is 2. The van der Waals surface area contributed by atoms with Crippen molar-refractivity contribution in [2.24, 2.45) is 5.92 Å². The molecule has 0 bridgehead atoms. The van der Waals surface area contributed by atoms with Gasteiger partial charge in [-0.05, 0) is 32.1 Å². The number of halogens is 1. The summed E-state index contributed by atoms with van der Waals surface area (Å²) in [6.07, 6.45) is 6.01. The lowest BCUT2D eigenvalue weighted by molar-refractivity contribution is -0.156. The molecule has 2 N–H and O–H groups in total. The Bertz CT molecular complexity index is 362. The molecule has 2 aliphatic heterocycles. The summed E-state index contributed by atoms with van der Waals surface area (Å²) in [6, 6.07) is 0. The molecule has 0 aliphatic carbocycles. The first-order valence-corrected chi connectivity index (χ1v) is 9.41. The van der Waals surface area contributed by atoms with E-state index in [9.17, 15) is 5.11 Å². The predicted molar refractivity (Wildman–Crippen MR) is 90.9 cm³/mol. The molecule has 0 aromatic carbocycles. The van der Waals surface area contributed by atoms with Crippen LogP contribution >= 0.6 is 22.6 Å². The normalized spacial score (nSPS) is 37.2. The van der Waals surface area contributed by atoms with Crippen LogP contribution in [0.5, 0.6) is 0 Å². The lowest BCUT2D eigenvalue weighted by Gasteiger charge is -2.41. The largest absolute Gasteiger partial charge is 0.513 e. The molecular weight excluding hydrogens is 383 g/mol. The third-order valence-electron chi connectivity index (χ3n) is 4.76. The molecule has 21 heavy (non-hydrogen) atoms. The second-order valence-corrected chi connectivity index (χ2v) is 7.22. The minimum Gasteiger partial charge on any atom is -0.513 e. The predicted octanol–water partition coefficient (Wildman–Crippen LogP) is 3.37. The number of allylic oxidation sites excluding steroid dienone is 1. The zero-order chi connectivity index (χ0) is 15.5. The number of rotatable bonds is 7. The highest BCUT2D eigenvalue weighted by atomic mass is 127. The number of aliphatic hydroxyl groups excluding tert-OH is 2. The fourth-order valence-electron chi connectivity index (χ4n) is 3.46. The van der Waals surface area contributed by atoms with Crippen LogP contribution in [0.4, 0.5) is 0 Å². The van der Waals surface area contributed by atoms with Gasteiger partial charge in [-0.25, -0.2) is 0 Å². The molecule has 5 heteroatoms. The maximum absolute atomic E-state index is 9.50. The second-order valence-electron chi connectivity index (χ2n) is 6.46. The summed E-state index contributed by atoms with van der Waals surface area (Å²) in [7, 11) is 0. The molecule has 0 saturated carbocycles. The summed E-state index contributed by atoms with van der Waals surface area (Å²) < 4.78 is 13.5. The van der Waals surface area contributed by atoms with Crippen LogP contribution in [0.15, 0.2) is 12.3 Å². The van der Waals surface area contributed by atoms with E-state index in [1.165, 1.54) is 0 Å². The summed E-state index contributed by atoms with van der Waals surface area (Å²) in [4.78, 5) is 0. The van der Waals surface area contributed by atoms with Gasteiger partial charge >= 0.3 is 0 Å². The molecule has 0 radical (unpaired) electrons. The molecule has 0 aromatic rings. The number of fused-ring (bicyclic) bond motifs is 1. The van der Waals surface area contributed by atoms with Gasteiger partial charge < -0.3 is 19.7 Å². The van der Waals surface area contributed by atoms with Crippen molar-refractivity contribution in [3.8, 4) is 0 Å². The molecule has 1 unspecified atom stereocenters. The van der Waals surface area contributed by atoms with Gasteiger partial charge in [-0.2, -0.15) is 0 Å². The SMILES string of the molecule is C=C(O)[C@H](C)C[C@H]1CC[C@@H]2O[C@@H](CCCO)CC2(CI)O1. The van der Waals surface area contributed by atoms with Crippen LogP contribution in [0.25, 0.3) is 0 Å². The third kappa shape index (κ3) is 4.12. The van der Waals surface area contributed by atoms with Gasteiger partial charge in [-0.1, -0.05) is 36.1 Å². The maximum Gasteiger partial charge on any atom is 0.106 e. The minimum atomic E-state index is -0.180. The van der Waals surface area contributed by atoms with Gasteiger partial charge in [-0.15, -0.1) is 0 Å². The van der Waals surface area contributed by atoms with Crippen LogP contribution in [0.2, 0.25) is 0 Å². The topological polar surface area (TPSA) is 58.9 Å². The molecule has 0 spiro atoms. The number of hydrogen-bond acceptors (Lipinski definition) is 4. The first-order valence-electron chi connectivity index (χ1n) is 7.88. The lowest BCUT2D eigenvalue weighted by atomic mass is 9.86. The first-order chi connectivity index (χ1) is 10.0. The number of alkyl halides is 1. The zero-order valence-electron chi connectivity index (χ0n) is 12.8. The van der Waals surface area contributed by atoms with E-state index in [-0.39, 0.29) is 42.2 Å². The van der Waals surface area contributed by atoms with E-state index in [0.717, 1.165) is 43.0 Å². The van der Waals surface area contributed by atoms with E-state index in [1.807, 2.05) is 6.92 Å². The fourth-order valence-corrected chi connectivity index (χ4v) is 4.44. The van der Waals surface area contributed by atoms with Crippen molar-refractivity contribution in [3.63, 3.8) is 0 Å². The van der Waals surface area contributed by atoms with Gasteiger partial charge in [0.15, 0.2) is 0 Å². The Morgan fingerprint density at radius 2 is 2.19 bits per heavy atom. The Labute approximate surface area is 141 Å². The van der Waals surface area contributed by atoms with Crippen molar-refractivity contribution in [2.75, 3.05) is 11.0 Å². The average Bonchev–Trinajstić information content (AvgIpc) is 2.83. The minimum absolute atomic E-state index is 0.0744. The van der Waals surface area contributed by atoms with E-state index in [0.29, 0.717) is 0 Å². The highest BCUT2D eigenvalue weighted by Gasteiger charge is 2.52. The second kappa shape index (κ2) is 7.62. The monoisotopic (exact) mass is 410 g/mol. The third-order valence-corrected chi connectivity index (χ3v) is 6.06. The Hall–Kier alpha value is 0.150. The smallest absolute Gasteiger partial charge is 0.106 e. The van der Waals surface area contributed by atoms with Gasteiger partial charge in [0.1, 0.15) is 5.60 Å². The Morgan fingerprint density at radius 3 is 2.81 bits per heavy atom. The quantitative estimate of drug-likeness (QED) is 0.384. The molecule has 4 nitrogen and oxygen atoms in total. The fraction of sp³-hybridized carbons (Fsp3) is 0.875. The van der Waals surface area contributed by atoms with Crippen LogP contribution < -0.4 is 0 Å². The Kier molecular flexibility index (Phi) is 6.35. The number of ether oxygens (including phenoxy) is 2. The van der Waals surface area contributed by atoms with E-state index in [2.05, 4.69) is 29.2 Å². The van der Waals surface area contributed by atoms with Gasteiger partial charge in [0.05, 0.1) is 24.1 Å². The summed E-state index contributed by atoms with van der Waals surface area (Å²) in [6.45, 7) is 5.83. The Balaban J connectivity index is 1.96. The first kappa shape index (κ1) is 17.5. The van der Waals surface area contributed by atoms with Crippen molar-refractivity contribution < 1.29 is 19.7 Å². The van der Waals surface area contributed by atoms with Gasteiger partial charge in [-0.3, -0.25) is 0 Å². The molecule has 122 valence electrons. The molecular formula is C16H27IO4. The Morgan fingerprint density at radius 1 is 1.43 bits per heavy atom. The van der Waals surface area contributed by atoms with Crippen molar-refractivity contribution in [3.05, 3.63) is 12.3 Å². The molecule has 2 rings (SSSR count). The number of aliphatic hydroxyl groups is 2. The van der Waals surface area contributed by atoms with Gasteiger partial charge in [0.25, 0.3) is 0 Å². The summed E-state index contributed by atoms with van der Waals surface area (Å²) in [5, 5.41) is 18.5. The van der Waals surface area contributed by atoms with Crippen molar-refractivity contribution in [1.82, 2.24) is 0 Å². The van der Waals surface area contributed by atoms with Crippen LogP contribution in [-0.2, 0) is 9.47 Å². The van der Waals surface area contributed by atoms with E-state index in [1.54, 1.807) is 0 Å². The highest BCUT2D eigenvalue weighted by Crippen LogP contribution is 2.45. The van der Waals surface area contributed by atoms with Crippen LogP contribution in [0, 0.1) is 5.92 Å². The molecule has 2 aliphatic rings. The van der Waals surface area contributed by atoms with Crippen LogP contribution in [0.1, 0.15) is 45.4 Å². The van der Waals surface area contributed by atoms with Gasteiger partial charge in [0, 0.05) is 23.4 Å². The summed E-state index contributed by atoms with van der Waals surface area (Å²) >= 11 is 2.40. The van der Waals surface area contributed by atoms with E-state index >= 15 is 0 Å². The standard InChI is InChI=1S/C16H27IO4/c1-11(12(2)19)8-13-5-6-15-16(10-17,21-13)9-14(20-15)4-3-7-18/h11,13-15,18-19H,2-10H2,1H3/t11-,13-,14+,15+,16?/m1/s1. The van der Waals surface area contributed by atoms with Crippen molar-refractivity contribution in [1.29, 1.82) is 0 Å². The van der Waals surface area contributed by atoms with Crippen LogP contribution in [0.3, 0.4) is 0 Å². The molecule has 2 heterocycles. The molecule has 5 atom stereocenters. The average molecular weight is 410 g/mol. The molecule has 2 saturated heterocycles. The summed E-state index contributed by atoms with van der Waals surface area (Å²) in [5.41, 5.74) is -0.180. The van der Waals surface area contributed by atoms with Crippen LogP contribution in [-0.4, -0.2) is 45.2 Å². The molecule has 0 aromatic heterocycles. The van der Waals surface area contributed by atoms with Gasteiger partial charge in [0.2, 0.25) is 0 Å². The summed E-state index contributed by atoms with van der Waals surface area (Å²) in [5.74, 6) is 0.318. The zero-order valence-corrected chi connectivity index (χ0v) is 14.9. The molecule has 0 amide bonds. The highest BCUT2D eigenvalue weighted by molar-refractivity contribution is 14.1. The van der Waals surface area contributed by atoms with Crippen molar-refractivity contribution >= 4 is 22.6 Å². The van der Waals surface area contributed by atoms with Crippen molar-refractivity contribution in [2.45, 2.75) is 69.4 Å². The van der Waals surface area contributed by atoms with E-state index in [4.69, 9.17) is 14.6 Å². The molecule has 2 fully saturated rings. The lowest BCUT2D eigenvalue weighted by Crippen LogP contribution is -2.50.